The molecule has 0 amide bonds. The molecule has 0 radical (unpaired) electrons. The number of nitrogens with zero attached hydrogens (tertiary/aromatic N) is 3. The lowest BCUT2D eigenvalue weighted by molar-refractivity contribution is 0.366. The molecule has 0 bridgehead atoms. The van der Waals surface area contributed by atoms with E-state index in [0.29, 0.717) is 16.3 Å². The molecule has 6 heteroatoms. The van der Waals surface area contributed by atoms with Crippen LogP contribution in [0.1, 0.15) is 0 Å². The van der Waals surface area contributed by atoms with E-state index in [1.165, 1.54) is 23.5 Å². The molecule has 3 rings (SSSR count). The Bertz CT molecular complexity index is 679. The molecule has 3 aromatic rings. The summed E-state index contributed by atoms with van der Waals surface area (Å²) in [6, 6.07) is 20.3. The molecule has 2 aromatic carbocycles. The van der Waals surface area contributed by atoms with E-state index in [4.69, 9.17) is 4.74 Å². The van der Waals surface area contributed by atoms with Crippen LogP contribution in [0.4, 0.5) is 0 Å². The molecule has 4 nitrogen and oxygen atoms in total. The van der Waals surface area contributed by atoms with E-state index in [1.54, 1.807) is 7.11 Å². The molecule has 0 aliphatic carbocycles. The third kappa shape index (κ3) is 3.99. The molecule has 0 aliphatic heterocycles. The zero-order valence-electron chi connectivity index (χ0n) is 11.8. The topological polar surface area (TPSA) is 47.9 Å². The molecule has 0 atom stereocenters. The van der Waals surface area contributed by atoms with Crippen LogP contribution in [0.2, 0.25) is 0 Å². The number of benzene rings is 2. The fourth-order valence-electron chi connectivity index (χ4n) is 1.69. The largest absolute Gasteiger partial charge is 0.467 e. The van der Waals surface area contributed by atoms with E-state index < -0.39 is 0 Å². The van der Waals surface area contributed by atoms with Gasteiger partial charge in [0.25, 0.3) is 0 Å². The Morgan fingerprint density at radius 2 is 1.14 bits per heavy atom. The summed E-state index contributed by atoms with van der Waals surface area (Å²) in [5, 5.41) is 1.24. The van der Waals surface area contributed by atoms with Crippen LogP contribution in [0.5, 0.6) is 6.01 Å². The average molecular weight is 327 g/mol. The maximum atomic E-state index is 5.18. The highest BCUT2D eigenvalue weighted by Gasteiger charge is 2.09. The first kappa shape index (κ1) is 14.9. The zero-order valence-corrected chi connectivity index (χ0v) is 13.5. The van der Waals surface area contributed by atoms with Gasteiger partial charge in [-0.1, -0.05) is 36.4 Å². The van der Waals surface area contributed by atoms with E-state index in [1.807, 2.05) is 60.7 Å². The Kier molecular flexibility index (Phi) is 4.92. The predicted octanol–water partition coefficient (Wildman–Crippen LogP) is 4.18. The van der Waals surface area contributed by atoms with Gasteiger partial charge < -0.3 is 4.74 Å². The normalized spacial score (nSPS) is 10.4. The van der Waals surface area contributed by atoms with E-state index in [0.717, 1.165) is 9.79 Å². The van der Waals surface area contributed by atoms with Crippen LogP contribution < -0.4 is 4.74 Å². The first-order chi connectivity index (χ1) is 10.8. The van der Waals surface area contributed by atoms with Gasteiger partial charge >= 0.3 is 6.01 Å². The SMILES string of the molecule is COc1nc(Sc2ccccc2)nc(Sc2ccccc2)n1. The van der Waals surface area contributed by atoms with Gasteiger partial charge in [0, 0.05) is 9.79 Å². The number of aromatic nitrogens is 3. The highest BCUT2D eigenvalue weighted by atomic mass is 32.2. The van der Waals surface area contributed by atoms with Crippen LogP contribution >= 0.6 is 23.5 Å². The van der Waals surface area contributed by atoms with Gasteiger partial charge in [0.05, 0.1) is 7.11 Å². The lowest BCUT2D eigenvalue weighted by atomic mass is 10.4. The highest BCUT2D eigenvalue weighted by Crippen LogP contribution is 2.29. The molecule has 0 saturated carbocycles. The molecule has 0 N–H and O–H groups in total. The molecule has 1 aromatic heterocycles. The third-order valence-electron chi connectivity index (χ3n) is 2.66. The van der Waals surface area contributed by atoms with Gasteiger partial charge in [-0.3, -0.25) is 0 Å². The van der Waals surface area contributed by atoms with Gasteiger partial charge in [0.15, 0.2) is 10.3 Å². The van der Waals surface area contributed by atoms with Crippen LogP contribution in [0.25, 0.3) is 0 Å². The number of rotatable bonds is 5. The fraction of sp³-hybridized carbons (Fsp3) is 0.0625. The summed E-state index contributed by atoms with van der Waals surface area (Å²) >= 11 is 2.97. The first-order valence-corrected chi connectivity index (χ1v) is 8.22. The lowest BCUT2D eigenvalue weighted by Crippen LogP contribution is -1.98. The van der Waals surface area contributed by atoms with Crippen molar-refractivity contribution in [2.24, 2.45) is 0 Å². The number of ether oxygens (including phenoxy) is 1. The minimum absolute atomic E-state index is 0.326. The summed E-state index contributed by atoms with van der Waals surface area (Å²) in [5.41, 5.74) is 0. The molecule has 22 heavy (non-hydrogen) atoms. The predicted molar refractivity (Wildman–Crippen MR) is 87.5 cm³/mol. The average Bonchev–Trinajstić information content (AvgIpc) is 2.56. The van der Waals surface area contributed by atoms with E-state index >= 15 is 0 Å². The molecule has 0 spiro atoms. The van der Waals surface area contributed by atoms with Crippen molar-refractivity contribution in [2.45, 2.75) is 20.1 Å². The number of methoxy groups -OCH3 is 1. The highest BCUT2D eigenvalue weighted by molar-refractivity contribution is 7.99. The Hall–Kier alpha value is -2.05. The Morgan fingerprint density at radius 1 is 0.682 bits per heavy atom. The Morgan fingerprint density at radius 3 is 1.55 bits per heavy atom. The van der Waals surface area contributed by atoms with E-state index in [9.17, 15) is 0 Å². The molecule has 0 fully saturated rings. The van der Waals surface area contributed by atoms with Crippen LogP contribution in [0, 0.1) is 0 Å². The zero-order chi connectivity index (χ0) is 15.2. The van der Waals surface area contributed by atoms with Crippen LogP contribution in [0.15, 0.2) is 80.8 Å². The lowest BCUT2D eigenvalue weighted by Gasteiger charge is -2.05. The summed E-state index contributed by atoms with van der Waals surface area (Å²) in [4.78, 5) is 15.2. The summed E-state index contributed by atoms with van der Waals surface area (Å²) < 4.78 is 5.18. The minimum atomic E-state index is 0.326. The van der Waals surface area contributed by atoms with Gasteiger partial charge in [-0.2, -0.15) is 15.0 Å². The minimum Gasteiger partial charge on any atom is -0.467 e. The van der Waals surface area contributed by atoms with Crippen LogP contribution in [-0.4, -0.2) is 22.1 Å². The number of hydrogen-bond acceptors (Lipinski definition) is 6. The van der Waals surface area contributed by atoms with Crippen molar-refractivity contribution in [3.05, 3.63) is 60.7 Å². The van der Waals surface area contributed by atoms with Crippen LogP contribution in [0.3, 0.4) is 0 Å². The van der Waals surface area contributed by atoms with Crippen molar-refractivity contribution < 1.29 is 4.74 Å². The van der Waals surface area contributed by atoms with Gasteiger partial charge in [-0.05, 0) is 47.8 Å². The standard InChI is InChI=1S/C16H13N3OS2/c1-20-14-17-15(21-12-8-4-2-5-9-12)19-16(18-14)22-13-10-6-3-7-11-13/h2-11H,1H3. The van der Waals surface area contributed by atoms with Crippen LogP contribution in [-0.2, 0) is 0 Å². The van der Waals surface area contributed by atoms with E-state index in [2.05, 4.69) is 15.0 Å². The Balaban J connectivity index is 1.86. The summed E-state index contributed by atoms with van der Waals surface area (Å²) in [5.74, 6) is 0. The third-order valence-corrected chi connectivity index (χ3v) is 4.41. The van der Waals surface area contributed by atoms with Crippen molar-refractivity contribution in [3.63, 3.8) is 0 Å². The quantitative estimate of drug-likeness (QED) is 0.700. The monoisotopic (exact) mass is 327 g/mol. The second-order valence-corrected chi connectivity index (χ2v) is 6.30. The first-order valence-electron chi connectivity index (χ1n) is 6.59. The maximum Gasteiger partial charge on any atom is 0.321 e. The molecule has 0 unspecified atom stereocenters. The van der Waals surface area contributed by atoms with Crippen molar-refractivity contribution >= 4 is 23.5 Å². The second-order valence-electron chi connectivity index (χ2n) is 4.22. The van der Waals surface area contributed by atoms with Crippen molar-refractivity contribution in [1.82, 2.24) is 15.0 Å². The van der Waals surface area contributed by atoms with Gasteiger partial charge in [0.1, 0.15) is 0 Å². The number of hydrogen-bond donors (Lipinski definition) is 0. The molecular formula is C16H13N3OS2. The van der Waals surface area contributed by atoms with Gasteiger partial charge in [-0.15, -0.1) is 0 Å². The summed E-state index contributed by atoms with van der Waals surface area (Å²) in [6.45, 7) is 0. The second kappa shape index (κ2) is 7.29. The molecule has 0 aliphatic rings. The van der Waals surface area contributed by atoms with Crippen molar-refractivity contribution in [1.29, 1.82) is 0 Å². The molecule has 0 saturated heterocycles. The maximum absolute atomic E-state index is 5.18. The Labute approximate surface area is 137 Å². The smallest absolute Gasteiger partial charge is 0.321 e. The fourth-order valence-corrected chi connectivity index (χ4v) is 3.27. The molecule has 110 valence electrons. The van der Waals surface area contributed by atoms with E-state index in [-0.39, 0.29) is 0 Å². The molecular weight excluding hydrogens is 314 g/mol. The molecule has 1 heterocycles. The summed E-state index contributed by atoms with van der Waals surface area (Å²) in [6.07, 6.45) is 0. The summed E-state index contributed by atoms with van der Waals surface area (Å²) in [7, 11) is 1.56. The van der Waals surface area contributed by atoms with Crippen molar-refractivity contribution in [3.8, 4) is 6.01 Å². The van der Waals surface area contributed by atoms with Gasteiger partial charge in [-0.25, -0.2) is 0 Å². The van der Waals surface area contributed by atoms with Crippen molar-refractivity contribution in [2.75, 3.05) is 7.11 Å². The van der Waals surface area contributed by atoms with Gasteiger partial charge in [0.2, 0.25) is 0 Å².